The minimum Gasteiger partial charge on any atom is -0.491 e. The second-order valence-electron chi connectivity index (χ2n) is 9.31. The molecule has 3 N–H and O–H groups in total. The predicted molar refractivity (Wildman–Crippen MR) is 143 cm³/mol. The quantitative estimate of drug-likeness (QED) is 0.231. The Morgan fingerprint density at radius 2 is 1.65 bits per heavy atom. The normalized spacial score (nSPS) is 17.0. The summed E-state index contributed by atoms with van der Waals surface area (Å²) in [6, 6.07) is 25.4. The lowest BCUT2D eigenvalue weighted by Crippen LogP contribution is -2.38. The van der Waals surface area contributed by atoms with Crippen LogP contribution in [0, 0.1) is 11.3 Å². The Bertz CT molecular complexity index is 1210. The molecule has 7 nitrogen and oxygen atoms in total. The molecule has 1 aliphatic heterocycles. The van der Waals surface area contributed by atoms with E-state index in [1.165, 1.54) is 12.7 Å². The number of likely N-dealkylation sites (tertiary alicyclic amines) is 1. The maximum absolute atomic E-state index is 13.1. The van der Waals surface area contributed by atoms with Crippen LogP contribution >= 0.6 is 0 Å². The number of amidine groups is 1. The van der Waals surface area contributed by atoms with Crippen molar-refractivity contribution < 1.29 is 19.1 Å². The summed E-state index contributed by atoms with van der Waals surface area (Å²) in [5.74, 6) is 0.0199. The first kappa shape index (κ1) is 25.9. The summed E-state index contributed by atoms with van der Waals surface area (Å²) in [4.78, 5) is 26.9. The van der Waals surface area contributed by atoms with Crippen molar-refractivity contribution in [1.82, 2.24) is 4.90 Å². The van der Waals surface area contributed by atoms with Crippen LogP contribution in [-0.2, 0) is 20.7 Å². The molecule has 7 heteroatoms. The van der Waals surface area contributed by atoms with Gasteiger partial charge in [0.05, 0.1) is 25.5 Å². The third-order valence-corrected chi connectivity index (χ3v) is 6.80. The first-order valence-electron chi connectivity index (χ1n) is 12.5. The van der Waals surface area contributed by atoms with Crippen molar-refractivity contribution in [3.8, 4) is 16.9 Å². The number of aryl methyl sites for hydroxylation is 1. The number of esters is 1. The monoisotopic (exact) mass is 499 g/mol. The van der Waals surface area contributed by atoms with Crippen LogP contribution in [0.4, 0.5) is 0 Å². The number of nitrogens with one attached hydrogen (secondary N) is 1. The molecule has 37 heavy (non-hydrogen) atoms. The molecular formula is C30H33N3O4. The van der Waals surface area contributed by atoms with E-state index in [0.717, 1.165) is 29.7 Å². The first-order chi connectivity index (χ1) is 17.9. The molecule has 3 aromatic rings. The zero-order chi connectivity index (χ0) is 26.2. The molecule has 0 saturated carbocycles. The number of hydrogen-bond acceptors (Lipinski definition) is 5. The van der Waals surface area contributed by atoms with E-state index in [4.69, 9.17) is 20.6 Å². The maximum Gasteiger partial charge on any atom is 0.306 e. The second-order valence-corrected chi connectivity index (χ2v) is 9.31. The van der Waals surface area contributed by atoms with E-state index in [9.17, 15) is 9.59 Å². The smallest absolute Gasteiger partial charge is 0.306 e. The Kier molecular flexibility index (Phi) is 8.56. The molecule has 0 aromatic heterocycles. The highest BCUT2D eigenvalue weighted by Gasteiger charge is 2.40. The summed E-state index contributed by atoms with van der Waals surface area (Å²) < 4.78 is 10.9. The SMILES string of the molecule is COC(=O)C[C@@H]1C[C@@H](COc2ccc(-c3ccc(C(=N)N)cc3)cc2)N(CCCc2ccccc2)C1=O. The Balaban J connectivity index is 1.38. The van der Waals surface area contributed by atoms with Gasteiger partial charge in [0.2, 0.25) is 5.91 Å². The van der Waals surface area contributed by atoms with Crippen LogP contribution < -0.4 is 10.5 Å². The molecular weight excluding hydrogens is 466 g/mol. The highest BCUT2D eigenvalue weighted by molar-refractivity contribution is 5.95. The van der Waals surface area contributed by atoms with Gasteiger partial charge in [-0.15, -0.1) is 0 Å². The number of methoxy groups -OCH3 is 1. The summed E-state index contributed by atoms with van der Waals surface area (Å²) >= 11 is 0. The lowest BCUT2D eigenvalue weighted by atomic mass is 10.0. The summed E-state index contributed by atoms with van der Waals surface area (Å²) in [5.41, 5.74) is 9.51. The lowest BCUT2D eigenvalue weighted by Gasteiger charge is -2.25. The fraction of sp³-hybridized carbons (Fsp3) is 0.300. The van der Waals surface area contributed by atoms with Crippen LogP contribution in [0.25, 0.3) is 11.1 Å². The molecule has 0 unspecified atom stereocenters. The van der Waals surface area contributed by atoms with Gasteiger partial charge in [-0.25, -0.2) is 0 Å². The molecule has 0 radical (unpaired) electrons. The third kappa shape index (κ3) is 6.76. The zero-order valence-electron chi connectivity index (χ0n) is 21.1. The van der Waals surface area contributed by atoms with Crippen molar-refractivity contribution in [3.05, 3.63) is 90.0 Å². The lowest BCUT2D eigenvalue weighted by molar-refractivity contribution is -0.144. The Morgan fingerprint density at radius 1 is 1.00 bits per heavy atom. The number of rotatable bonds is 11. The molecule has 4 rings (SSSR count). The molecule has 0 aliphatic carbocycles. The van der Waals surface area contributed by atoms with Crippen molar-refractivity contribution in [3.63, 3.8) is 0 Å². The van der Waals surface area contributed by atoms with Gasteiger partial charge in [0.25, 0.3) is 0 Å². The largest absolute Gasteiger partial charge is 0.491 e. The first-order valence-corrected chi connectivity index (χ1v) is 12.5. The predicted octanol–water partition coefficient (Wildman–Crippen LogP) is 4.43. The van der Waals surface area contributed by atoms with E-state index in [-0.39, 0.29) is 36.1 Å². The average molecular weight is 500 g/mol. The molecule has 1 aliphatic rings. The number of hydrogen-bond donors (Lipinski definition) is 2. The van der Waals surface area contributed by atoms with Crippen LogP contribution in [-0.4, -0.2) is 48.9 Å². The Labute approximate surface area is 217 Å². The van der Waals surface area contributed by atoms with E-state index in [1.807, 2.05) is 71.6 Å². The molecule has 192 valence electrons. The Morgan fingerprint density at radius 3 is 2.27 bits per heavy atom. The van der Waals surface area contributed by atoms with Crippen molar-refractivity contribution in [2.24, 2.45) is 11.7 Å². The molecule has 3 aromatic carbocycles. The van der Waals surface area contributed by atoms with Gasteiger partial charge in [-0.2, -0.15) is 0 Å². The molecule has 0 bridgehead atoms. The fourth-order valence-electron chi connectivity index (χ4n) is 4.75. The molecule has 2 atom stereocenters. The number of nitrogens with two attached hydrogens (primary N) is 1. The van der Waals surface area contributed by atoms with Gasteiger partial charge in [0.15, 0.2) is 0 Å². The number of amides is 1. The van der Waals surface area contributed by atoms with Gasteiger partial charge in [-0.3, -0.25) is 15.0 Å². The molecule has 1 amide bonds. The summed E-state index contributed by atoms with van der Waals surface area (Å²) in [7, 11) is 1.35. The number of carbonyl (C=O) groups excluding carboxylic acids is 2. The van der Waals surface area contributed by atoms with E-state index in [1.54, 1.807) is 0 Å². The summed E-state index contributed by atoms with van der Waals surface area (Å²) in [6.45, 7) is 0.982. The van der Waals surface area contributed by atoms with Crippen molar-refractivity contribution in [2.75, 3.05) is 20.3 Å². The van der Waals surface area contributed by atoms with Crippen LogP contribution in [0.2, 0.25) is 0 Å². The fourth-order valence-corrected chi connectivity index (χ4v) is 4.75. The summed E-state index contributed by atoms with van der Waals surface area (Å²) in [5, 5.41) is 7.53. The minimum atomic E-state index is -0.377. The number of nitrogens with zero attached hydrogens (tertiary/aromatic N) is 1. The number of benzene rings is 3. The number of carbonyl (C=O) groups is 2. The maximum atomic E-state index is 13.1. The number of ether oxygens (including phenoxy) is 2. The molecule has 1 fully saturated rings. The van der Waals surface area contributed by atoms with Gasteiger partial charge >= 0.3 is 5.97 Å². The van der Waals surface area contributed by atoms with Crippen LogP contribution in [0.1, 0.15) is 30.4 Å². The summed E-state index contributed by atoms with van der Waals surface area (Å²) in [6.07, 6.45) is 2.39. The minimum absolute atomic E-state index is 0.00332. The van der Waals surface area contributed by atoms with E-state index in [2.05, 4.69) is 12.1 Å². The van der Waals surface area contributed by atoms with E-state index in [0.29, 0.717) is 25.1 Å². The van der Waals surface area contributed by atoms with Gasteiger partial charge in [-0.05, 0) is 48.1 Å². The van der Waals surface area contributed by atoms with Gasteiger partial charge in [0.1, 0.15) is 18.2 Å². The average Bonchev–Trinajstić information content (AvgIpc) is 3.22. The van der Waals surface area contributed by atoms with Crippen molar-refractivity contribution in [1.29, 1.82) is 5.41 Å². The van der Waals surface area contributed by atoms with Crippen LogP contribution in [0.15, 0.2) is 78.9 Å². The highest BCUT2D eigenvalue weighted by Crippen LogP contribution is 2.29. The molecule has 1 heterocycles. The standard InChI is InChI=1S/C30H33N3O4/c1-36-28(34)19-25-18-26(33(30(25)35)17-5-8-21-6-3-2-4-7-21)20-37-27-15-13-23(14-16-27)22-9-11-24(12-10-22)29(31)32/h2-4,6-7,9-16,25-26H,5,8,17-20H2,1H3,(H3,31,32)/t25-,26-/m0/s1. The zero-order valence-corrected chi connectivity index (χ0v) is 21.1. The molecule has 1 saturated heterocycles. The molecule has 0 spiro atoms. The highest BCUT2D eigenvalue weighted by atomic mass is 16.5. The van der Waals surface area contributed by atoms with Gasteiger partial charge < -0.3 is 20.1 Å². The number of nitrogen functional groups attached to an aromatic ring is 1. The van der Waals surface area contributed by atoms with E-state index >= 15 is 0 Å². The Hall–Kier alpha value is -4.13. The van der Waals surface area contributed by atoms with E-state index < -0.39 is 0 Å². The topological polar surface area (TPSA) is 106 Å². The van der Waals surface area contributed by atoms with Crippen LogP contribution in [0.5, 0.6) is 5.75 Å². The van der Waals surface area contributed by atoms with Crippen LogP contribution in [0.3, 0.4) is 0 Å². The second kappa shape index (κ2) is 12.2. The van der Waals surface area contributed by atoms with Gasteiger partial charge in [0, 0.05) is 12.1 Å². The van der Waals surface area contributed by atoms with Crippen molar-refractivity contribution in [2.45, 2.75) is 31.7 Å². The van der Waals surface area contributed by atoms with Gasteiger partial charge in [-0.1, -0.05) is 66.7 Å². The van der Waals surface area contributed by atoms with Crippen molar-refractivity contribution >= 4 is 17.7 Å². The third-order valence-electron chi connectivity index (χ3n) is 6.80.